The Morgan fingerprint density at radius 2 is 1.47 bits per heavy atom. The van der Waals surface area contributed by atoms with Gasteiger partial charge in [-0.15, -0.1) is 5.10 Å². The first-order valence-electron chi connectivity index (χ1n) is 4.39. The van der Waals surface area contributed by atoms with Gasteiger partial charge in [0.15, 0.2) is 0 Å². The number of carboxylic acids is 2. The van der Waals surface area contributed by atoms with E-state index in [4.69, 9.17) is 10.2 Å². The van der Waals surface area contributed by atoms with Crippen LogP contribution in [0.1, 0.15) is 20.7 Å². The molecule has 0 amide bonds. The van der Waals surface area contributed by atoms with Gasteiger partial charge in [0, 0.05) is 5.27 Å². The fourth-order valence-electron chi connectivity index (χ4n) is 0.891. The summed E-state index contributed by atoms with van der Waals surface area (Å²) in [6.07, 6.45) is 2.88. The number of carbonyl (C=O) groups is 2. The number of carboxylic acid groups (broad SMARTS) is 2. The molecule has 2 aromatic rings. The first kappa shape index (κ1) is 12.4. The third kappa shape index (κ3) is 4.12. The van der Waals surface area contributed by atoms with Crippen LogP contribution in [0.3, 0.4) is 0 Å². The highest BCUT2D eigenvalue weighted by Crippen LogP contribution is 2.03. The Hall–Kier alpha value is -2.70. The summed E-state index contributed by atoms with van der Waals surface area (Å²) in [7, 11) is 0. The topological polar surface area (TPSA) is 114 Å². The maximum atomic E-state index is 10.3. The van der Waals surface area contributed by atoms with E-state index in [-0.39, 0.29) is 11.1 Å². The monoisotopic (exact) mass is 236 g/mol. The largest absolute Gasteiger partial charge is 0.478 e. The van der Waals surface area contributed by atoms with Crippen molar-refractivity contribution in [3.8, 4) is 0 Å². The minimum Gasteiger partial charge on any atom is -0.478 e. The summed E-state index contributed by atoms with van der Waals surface area (Å²) in [5.41, 5.74) is 0.167. The summed E-state index contributed by atoms with van der Waals surface area (Å²) >= 11 is 0. The van der Waals surface area contributed by atoms with Crippen LogP contribution in [-0.4, -0.2) is 32.5 Å². The molecule has 7 nitrogen and oxygen atoms in total. The third-order valence-corrected chi connectivity index (χ3v) is 1.66. The van der Waals surface area contributed by atoms with Crippen LogP contribution in [-0.2, 0) is 0 Å². The number of rotatable bonds is 2. The number of hydrogen-bond acceptors (Lipinski definition) is 5. The Kier molecular flexibility index (Phi) is 4.37. The van der Waals surface area contributed by atoms with E-state index in [1.807, 2.05) is 0 Å². The Bertz CT molecular complexity index is 428. The van der Waals surface area contributed by atoms with E-state index in [1.165, 1.54) is 36.7 Å². The molecule has 0 fully saturated rings. The molecule has 2 rings (SSSR count). The highest BCUT2D eigenvalue weighted by atomic mass is 16.5. The molecule has 0 spiro atoms. The molecule has 88 valence electrons. The van der Waals surface area contributed by atoms with E-state index in [9.17, 15) is 9.59 Å². The molecule has 0 unspecified atom stereocenters. The number of hydrogen-bond donors (Lipinski definition) is 2. The van der Waals surface area contributed by atoms with Gasteiger partial charge in [0.05, 0.1) is 17.3 Å². The summed E-state index contributed by atoms with van der Waals surface area (Å²) in [4.78, 5) is 20.7. The minimum atomic E-state index is -1.06. The lowest BCUT2D eigenvalue weighted by Gasteiger charge is -1.94. The fraction of sp³-hybridized carbons (Fsp3) is 0. The van der Waals surface area contributed by atoms with Crippen LogP contribution in [0.25, 0.3) is 0 Å². The van der Waals surface area contributed by atoms with E-state index in [1.54, 1.807) is 0 Å². The van der Waals surface area contributed by atoms with Gasteiger partial charge in [-0.05, 0) is 24.3 Å². The number of benzene rings is 1. The summed E-state index contributed by atoms with van der Waals surface area (Å²) in [6.45, 7) is 0. The van der Waals surface area contributed by atoms with Gasteiger partial charge in [-0.25, -0.2) is 9.59 Å². The quantitative estimate of drug-likeness (QED) is 0.803. The molecule has 0 aliphatic rings. The molecule has 0 atom stereocenters. The van der Waals surface area contributed by atoms with Crippen LogP contribution in [0.2, 0.25) is 0 Å². The van der Waals surface area contributed by atoms with Gasteiger partial charge in [-0.1, -0.05) is 0 Å². The van der Waals surface area contributed by atoms with Gasteiger partial charge in [0.1, 0.15) is 6.26 Å². The van der Waals surface area contributed by atoms with Crippen molar-refractivity contribution in [2.45, 2.75) is 0 Å². The van der Waals surface area contributed by atoms with Gasteiger partial charge >= 0.3 is 11.9 Å². The van der Waals surface area contributed by atoms with Gasteiger partial charge in [0.2, 0.25) is 0 Å². The highest BCUT2D eigenvalue weighted by molar-refractivity contribution is 5.91. The molecule has 0 saturated heterocycles. The minimum absolute atomic E-state index is 0.0833. The van der Waals surface area contributed by atoms with Crippen molar-refractivity contribution in [2.75, 3.05) is 0 Å². The molecule has 0 bridgehead atoms. The van der Waals surface area contributed by atoms with Crippen molar-refractivity contribution in [3.63, 3.8) is 0 Å². The maximum absolute atomic E-state index is 10.3. The van der Waals surface area contributed by atoms with Crippen LogP contribution < -0.4 is 0 Å². The van der Waals surface area contributed by atoms with Crippen molar-refractivity contribution in [1.29, 1.82) is 0 Å². The summed E-state index contributed by atoms with van der Waals surface area (Å²) < 4.78 is 4.22. The maximum Gasteiger partial charge on any atom is 0.335 e. The zero-order valence-electron chi connectivity index (χ0n) is 8.48. The lowest BCUT2D eigenvalue weighted by molar-refractivity contribution is 0.0681. The normalized spacial score (nSPS) is 8.94. The summed E-state index contributed by atoms with van der Waals surface area (Å²) in [5, 5.41) is 23.3. The molecule has 2 N–H and O–H groups in total. The molecule has 7 heteroatoms. The first-order valence-corrected chi connectivity index (χ1v) is 4.39. The zero-order chi connectivity index (χ0) is 12.7. The van der Waals surface area contributed by atoms with Crippen LogP contribution in [0.4, 0.5) is 0 Å². The molecule has 1 aromatic heterocycles. The molecule has 0 aliphatic carbocycles. The molecule has 0 radical (unpaired) electrons. The first-order chi connectivity index (χ1) is 8.11. The smallest absolute Gasteiger partial charge is 0.335 e. The molecular formula is C10H8N2O5. The Labute approximate surface area is 95.3 Å². The molecule has 17 heavy (non-hydrogen) atoms. The summed E-state index contributed by atoms with van der Waals surface area (Å²) in [6, 6.07) is 5.02. The van der Waals surface area contributed by atoms with E-state index >= 15 is 0 Å². The van der Waals surface area contributed by atoms with Crippen molar-refractivity contribution in [1.82, 2.24) is 10.4 Å². The number of nitrogens with zero attached hydrogens (tertiary/aromatic N) is 2. The third-order valence-electron chi connectivity index (χ3n) is 1.66. The van der Waals surface area contributed by atoms with E-state index < -0.39 is 11.9 Å². The summed E-state index contributed by atoms with van der Waals surface area (Å²) in [5.74, 6) is -2.13. The molecular weight excluding hydrogens is 228 g/mol. The number of aromatic carboxylic acids is 2. The average Bonchev–Trinajstić information content (AvgIpc) is 2.87. The number of aromatic nitrogens is 2. The highest BCUT2D eigenvalue weighted by Gasteiger charge is 2.04. The Morgan fingerprint density at radius 1 is 1.00 bits per heavy atom. The second-order valence-electron chi connectivity index (χ2n) is 2.78. The van der Waals surface area contributed by atoms with Crippen LogP contribution in [0, 0.1) is 0 Å². The standard InChI is InChI=1S/C8H6O4.C2H2N2O/c9-7(10)5-1-2-6(4-3-5)8(11)12;1-2-5-4-3-1/h1-4H,(H,9,10)(H,11,12);1-2H. The van der Waals surface area contributed by atoms with E-state index in [0.29, 0.717) is 0 Å². The van der Waals surface area contributed by atoms with Gasteiger partial charge in [-0.2, -0.15) is 0 Å². The van der Waals surface area contributed by atoms with Crippen molar-refractivity contribution in [2.24, 2.45) is 0 Å². The van der Waals surface area contributed by atoms with Crippen molar-refractivity contribution in [3.05, 3.63) is 47.9 Å². The predicted molar refractivity (Wildman–Crippen MR) is 54.7 cm³/mol. The predicted octanol–water partition coefficient (Wildman–Crippen LogP) is 1.15. The Balaban J connectivity index is 0.000000239. The van der Waals surface area contributed by atoms with Crippen molar-refractivity contribution < 1.29 is 24.3 Å². The van der Waals surface area contributed by atoms with E-state index in [2.05, 4.69) is 14.9 Å². The molecule has 1 aromatic carbocycles. The lowest BCUT2D eigenvalue weighted by atomic mass is 10.1. The second-order valence-corrected chi connectivity index (χ2v) is 2.78. The molecule has 0 aliphatic heterocycles. The fourth-order valence-corrected chi connectivity index (χ4v) is 0.891. The zero-order valence-corrected chi connectivity index (χ0v) is 8.48. The van der Waals surface area contributed by atoms with Crippen LogP contribution in [0.15, 0.2) is 41.2 Å². The van der Waals surface area contributed by atoms with Crippen LogP contribution in [0.5, 0.6) is 0 Å². The van der Waals surface area contributed by atoms with E-state index in [0.717, 1.165) is 0 Å². The van der Waals surface area contributed by atoms with Gasteiger partial charge in [-0.3, -0.25) is 0 Å². The molecule has 1 heterocycles. The van der Waals surface area contributed by atoms with Gasteiger partial charge < -0.3 is 14.7 Å². The van der Waals surface area contributed by atoms with Gasteiger partial charge in [0.25, 0.3) is 0 Å². The molecule has 0 saturated carbocycles. The van der Waals surface area contributed by atoms with Crippen LogP contribution >= 0.6 is 0 Å². The lowest BCUT2D eigenvalue weighted by Crippen LogP contribution is -1.99. The Morgan fingerprint density at radius 3 is 1.65 bits per heavy atom. The SMILES string of the molecule is O=C(O)c1ccc(C(=O)O)cc1.c1conn1. The average molecular weight is 236 g/mol. The second kappa shape index (κ2) is 6.01. The van der Waals surface area contributed by atoms with Crippen molar-refractivity contribution >= 4 is 11.9 Å².